The lowest BCUT2D eigenvalue weighted by Crippen LogP contribution is -2.31. The van der Waals surface area contributed by atoms with Gasteiger partial charge in [-0.25, -0.2) is 0 Å². The van der Waals surface area contributed by atoms with Crippen molar-refractivity contribution < 1.29 is 9.72 Å². The van der Waals surface area contributed by atoms with Crippen LogP contribution in [0.1, 0.15) is 34.1 Å². The number of benzene rings is 1. The van der Waals surface area contributed by atoms with Crippen molar-refractivity contribution in [3.63, 3.8) is 0 Å². The number of hydrogen-bond donors (Lipinski definition) is 0. The van der Waals surface area contributed by atoms with E-state index in [1.807, 2.05) is 11.4 Å². The minimum Gasteiger partial charge on any atom is -0.307 e. The lowest BCUT2D eigenvalue weighted by atomic mass is 10.1. The van der Waals surface area contributed by atoms with Crippen molar-refractivity contribution in [2.45, 2.75) is 18.9 Å². The number of nitrogens with zero attached hydrogens (tertiary/aromatic N) is 3. The molecule has 1 aliphatic rings. The fourth-order valence-electron chi connectivity index (χ4n) is 2.67. The first-order chi connectivity index (χ1) is 11.1. The average molecular weight is 331 g/mol. The van der Waals surface area contributed by atoms with Crippen LogP contribution in [-0.2, 0) is 0 Å². The third-order valence-corrected chi connectivity index (χ3v) is 4.83. The highest BCUT2D eigenvalue weighted by Crippen LogP contribution is 2.39. The summed E-state index contributed by atoms with van der Waals surface area (Å²) in [6.45, 7) is 0.492. The zero-order valence-electron chi connectivity index (χ0n) is 12.0. The molecule has 1 aliphatic heterocycles. The van der Waals surface area contributed by atoms with Crippen LogP contribution in [0.3, 0.4) is 0 Å². The first-order valence-electron chi connectivity index (χ1n) is 7.08. The van der Waals surface area contributed by atoms with Crippen molar-refractivity contribution in [1.29, 1.82) is 0 Å². The Labute approximate surface area is 135 Å². The summed E-state index contributed by atoms with van der Waals surface area (Å²) in [4.78, 5) is 36.4. The van der Waals surface area contributed by atoms with Gasteiger partial charge in [-0.1, -0.05) is 5.18 Å². The van der Waals surface area contributed by atoms with E-state index in [1.54, 1.807) is 4.90 Å². The molecule has 7 nitrogen and oxygen atoms in total. The standard InChI is InChI=1S/C15H13N3O4S/c19-15(10-3-5-11(6-4-10)18(21)22)17-8-1-2-12(16-20)14-13(17)7-9-23-14/h3-7,9,12H,1-2,8H2. The summed E-state index contributed by atoms with van der Waals surface area (Å²) in [6.07, 6.45) is 1.29. The smallest absolute Gasteiger partial charge is 0.269 e. The minimum atomic E-state index is -0.502. The summed E-state index contributed by atoms with van der Waals surface area (Å²) in [5.74, 6) is -0.230. The number of hydrogen-bond acceptors (Lipinski definition) is 6. The maximum atomic E-state index is 12.7. The molecule has 2 heterocycles. The number of nitro groups is 1. The molecule has 0 N–H and O–H groups in total. The molecule has 0 aliphatic carbocycles. The van der Waals surface area contributed by atoms with E-state index in [-0.39, 0.29) is 11.6 Å². The zero-order valence-corrected chi connectivity index (χ0v) is 12.9. The molecule has 2 aromatic rings. The van der Waals surface area contributed by atoms with Gasteiger partial charge in [0, 0.05) is 24.2 Å². The van der Waals surface area contributed by atoms with Crippen molar-refractivity contribution in [2.75, 3.05) is 11.4 Å². The molecule has 0 spiro atoms. The van der Waals surface area contributed by atoms with Gasteiger partial charge in [0.25, 0.3) is 11.6 Å². The number of nitroso groups, excluding NO2 is 1. The summed E-state index contributed by atoms with van der Waals surface area (Å²) in [5.41, 5.74) is 1.03. The highest BCUT2D eigenvalue weighted by Gasteiger charge is 2.29. The van der Waals surface area contributed by atoms with E-state index in [1.165, 1.54) is 35.6 Å². The number of rotatable bonds is 3. The van der Waals surface area contributed by atoms with Crippen LogP contribution >= 0.6 is 11.3 Å². The fraction of sp³-hybridized carbons (Fsp3) is 0.267. The van der Waals surface area contributed by atoms with Crippen LogP contribution in [0.4, 0.5) is 11.4 Å². The molecule has 118 valence electrons. The second-order valence-electron chi connectivity index (χ2n) is 5.19. The normalized spacial score (nSPS) is 17.2. The van der Waals surface area contributed by atoms with Gasteiger partial charge >= 0.3 is 0 Å². The first kappa shape index (κ1) is 15.3. The van der Waals surface area contributed by atoms with Gasteiger partial charge in [0.15, 0.2) is 0 Å². The number of carbonyl (C=O) groups is 1. The van der Waals surface area contributed by atoms with E-state index in [0.717, 1.165) is 4.88 Å². The van der Waals surface area contributed by atoms with Gasteiger partial charge < -0.3 is 4.90 Å². The van der Waals surface area contributed by atoms with Gasteiger partial charge in [0.1, 0.15) is 6.04 Å². The Morgan fingerprint density at radius 1 is 1.30 bits per heavy atom. The molecular formula is C15H13N3O4S. The van der Waals surface area contributed by atoms with Crippen LogP contribution in [0.2, 0.25) is 0 Å². The zero-order chi connectivity index (χ0) is 16.4. The summed E-state index contributed by atoms with van der Waals surface area (Å²) in [7, 11) is 0. The summed E-state index contributed by atoms with van der Waals surface area (Å²) in [5, 5.41) is 15.7. The molecular weight excluding hydrogens is 318 g/mol. The van der Waals surface area contributed by atoms with Crippen LogP contribution in [0.5, 0.6) is 0 Å². The van der Waals surface area contributed by atoms with Crippen molar-refractivity contribution in [3.05, 3.63) is 61.2 Å². The van der Waals surface area contributed by atoms with E-state index >= 15 is 0 Å². The van der Waals surface area contributed by atoms with Gasteiger partial charge in [0.05, 0.1) is 15.5 Å². The predicted octanol–water partition coefficient (Wildman–Crippen LogP) is 3.90. The van der Waals surface area contributed by atoms with Crippen molar-refractivity contribution in [2.24, 2.45) is 5.18 Å². The number of fused-ring (bicyclic) bond motifs is 1. The van der Waals surface area contributed by atoms with E-state index in [2.05, 4.69) is 5.18 Å². The van der Waals surface area contributed by atoms with Crippen LogP contribution in [0.15, 0.2) is 40.9 Å². The second kappa shape index (κ2) is 6.25. The molecule has 1 aromatic carbocycles. The topological polar surface area (TPSA) is 92.9 Å². The number of carbonyl (C=O) groups excluding carboxylic acids is 1. The summed E-state index contributed by atoms with van der Waals surface area (Å²) in [6, 6.07) is 6.93. The molecule has 1 atom stereocenters. The lowest BCUT2D eigenvalue weighted by molar-refractivity contribution is -0.384. The third kappa shape index (κ3) is 2.85. The van der Waals surface area contributed by atoms with E-state index in [0.29, 0.717) is 30.6 Å². The van der Waals surface area contributed by atoms with Crippen molar-refractivity contribution >= 4 is 28.6 Å². The maximum Gasteiger partial charge on any atom is 0.269 e. The second-order valence-corrected chi connectivity index (χ2v) is 6.14. The summed E-state index contributed by atoms with van der Waals surface area (Å²) < 4.78 is 0. The molecule has 23 heavy (non-hydrogen) atoms. The largest absolute Gasteiger partial charge is 0.307 e. The Kier molecular flexibility index (Phi) is 4.16. The van der Waals surface area contributed by atoms with Crippen LogP contribution in [-0.4, -0.2) is 17.4 Å². The van der Waals surface area contributed by atoms with Gasteiger partial charge in [-0.15, -0.1) is 11.3 Å². The van der Waals surface area contributed by atoms with Crippen LogP contribution in [0.25, 0.3) is 0 Å². The Hall–Kier alpha value is -2.61. The van der Waals surface area contributed by atoms with Gasteiger partial charge in [-0.05, 0) is 36.4 Å². The maximum absolute atomic E-state index is 12.7. The van der Waals surface area contributed by atoms with E-state index in [9.17, 15) is 19.8 Å². The highest BCUT2D eigenvalue weighted by molar-refractivity contribution is 7.10. The highest BCUT2D eigenvalue weighted by atomic mass is 32.1. The minimum absolute atomic E-state index is 0.0566. The van der Waals surface area contributed by atoms with Gasteiger partial charge in [-0.2, -0.15) is 4.91 Å². The van der Waals surface area contributed by atoms with Gasteiger partial charge in [0.2, 0.25) is 0 Å². The molecule has 0 fully saturated rings. The van der Waals surface area contributed by atoms with Crippen LogP contribution < -0.4 is 4.90 Å². The van der Waals surface area contributed by atoms with Crippen LogP contribution in [0, 0.1) is 15.0 Å². The molecule has 0 bridgehead atoms. The number of anilines is 1. The molecule has 8 heteroatoms. The van der Waals surface area contributed by atoms with Crippen molar-refractivity contribution in [1.82, 2.24) is 0 Å². The lowest BCUT2D eigenvalue weighted by Gasteiger charge is -2.21. The van der Waals surface area contributed by atoms with E-state index in [4.69, 9.17) is 0 Å². The quantitative estimate of drug-likeness (QED) is 0.484. The molecule has 0 saturated carbocycles. The van der Waals surface area contributed by atoms with Gasteiger partial charge in [-0.3, -0.25) is 14.9 Å². The SMILES string of the molecule is O=NC1CCCN(C(=O)c2ccc([N+](=O)[O-])cc2)c2ccsc21. The van der Waals surface area contributed by atoms with Crippen molar-refractivity contribution in [3.8, 4) is 0 Å². The summed E-state index contributed by atoms with van der Waals surface area (Å²) >= 11 is 1.42. The third-order valence-electron chi connectivity index (χ3n) is 3.82. The number of thiophene rings is 1. The fourth-order valence-corrected chi connectivity index (χ4v) is 3.63. The Morgan fingerprint density at radius 3 is 2.70 bits per heavy atom. The molecule has 0 saturated heterocycles. The number of amides is 1. The first-order valence-corrected chi connectivity index (χ1v) is 7.96. The number of non-ortho nitro benzene ring substituents is 1. The molecule has 1 amide bonds. The molecule has 0 radical (unpaired) electrons. The molecule has 1 unspecified atom stereocenters. The molecule has 1 aromatic heterocycles. The average Bonchev–Trinajstić information content (AvgIpc) is 2.97. The number of nitro benzene ring substituents is 1. The molecule has 3 rings (SSSR count). The Balaban J connectivity index is 1.92. The predicted molar refractivity (Wildman–Crippen MR) is 86.9 cm³/mol. The van der Waals surface area contributed by atoms with E-state index < -0.39 is 11.0 Å². The Morgan fingerprint density at radius 2 is 2.04 bits per heavy atom. The Bertz CT molecular complexity index is 756. The monoisotopic (exact) mass is 331 g/mol.